The number of rotatable bonds is 5. The van der Waals surface area contributed by atoms with E-state index in [1.807, 2.05) is 0 Å². The third-order valence-electron chi connectivity index (χ3n) is 5.55. The van der Waals surface area contributed by atoms with Gasteiger partial charge in [-0.15, -0.1) is 0 Å². The summed E-state index contributed by atoms with van der Waals surface area (Å²) in [5.74, 6) is -0.687. The highest BCUT2D eigenvalue weighted by atomic mass is 32.2. The van der Waals surface area contributed by atoms with Crippen LogP contribution in [0.4, 0.5) is 11.4 Å². The van der Waals surface area contributed by atoms with Crippen LogP contribution in [-0.2, 0) is 24.2 Å². The number of nitrogens with one attached hydrogen (secondary N) is 2. The Hall–Kier alpha value is -2.42. The molecule has 2 atom stereocenters. The zero-order chi connectivity index (χ0) is 19.9. The Labute approximate surface area is 163 Å². The molecule has 4 rings (SSSR count). The minimum absolute atomic E-state index is 0.0128. The molecule has 0 aromatic heterocycles. The number of likely N-dealkylation sites (tertiary alicyclic amines) is 1. The molecule has 0 unspecified atom stereocenters. The number of amides is 3. The molecule has 1 aromatic carbocycles. The second kappa shape index (κ2) is 7.20. The van der Waals surface area contributed by atoms with Crippen LogP contribution < -0.4 is 10.6 Å². The Morgan fingerprint density at radius 2 is 1.50 bits per heavy atom. The quantitative estimate of drug-likeness (QED) is 0.759. The molecule has 1 aromatic rings. The van der Waals surface area contributed by atoms with Gasteiger partial charge < -0.3 is 15.5 Å². The van der Waals surface area contributed by atoms with Gasteiger partial charge >= 0.3 is 0 Å². The Morgan fingerprint density at radius 3 is 2.00 bits per heavy atom. The molecular formula is C19H23N3O5S. The molecule has 2 heterocycles. The van der Waals surface area contributed by atoms with Gasteiger partial charge in [-0.3, -0.25) is 14.4 Å². The lowest BCUT2D eigenvalue weighted by molar-refractivity contribution is -0.129. The van der Waals surface area contributed by atoms with Gasteiger partial charge in [0.1, 0.15) is 0 Å². The van der Waals surface area contributed by atoms with Crippen LogP contribution in [0.5, 0.6) is 0 Å². The number of sulfone groups is 1. The summed E-state index contributed by atoms with van der Waals surface area (Å²) in [6.45, 7) is 0.250. The van der Waals surface area contributed by atoms with E-state index in [4.69, 9.17) is 0 Å². The van der Waals surface area contributed by atoms with Crippen LogP contribution >= 0.6 is 0 Å². The summed E-state index contributed by atoms with van der Waals surface area (Å²) < 4.78 is 23.3. The predicted octanol–water partition coefficient (Wildman–Crippen LogP) is 1.01. The summed E-state index contributed by atoms with van der Waals surface area (Å²) in [4.78, 5) is 38.1. The molecule has 0 spiro atoms. The van der Waals surface area contributed by atoms with Gasteiger partial charge in [0.15, 0.2) is 9.84 Å². The van der Waals surface area contributed by atoms with E-state index in [1.54, 1.807) is 29.2 Å². The Bertz CT molecular complexity index is 908. The first-order valence-electron chi connectivity index (χ1n) is 9.52. The van der Waals surface area contributed by atoms with Crippen molar-refractivity contribution in [2.45, 2.75) is 31.7 Å². The van der Waals surface area contributed by atoms with Gasteiger partial charge in [-0.2, -0.15) is 0 Å². The molecule has 8 nitrogen and oxygen atoms in total. The zero-order valence-electron chi connectivity index (χ0n) is 15.4. The normalized spacial score (nSPS) is 26.3. The lowest BCUT2D eigenvalue weighted by Crippen LogP contribution is -2.38. The lowest BCUT2D eigenvalue weighted by atomic mass is 10.1. The molecule has 3 amide bonds. The largest absolute Gasteiger partial charge is 0.338 e. The average Bonchev–Trinajstić information content (AvgIpc) is 3.34. The standard InChI is InChI=1S/C19H23N3O5S/c23-17-9-13(10-22(17)16-7-8-28(26,27)11-16)19(25)21-15-5-3-14(4-6-15)20-18(24)12-1-2-12/h3-6,12-13,16H,1-2,7-11H2,(H,20,24)(H,21,25)/t13-,16-/m0/s1. The van der Waals surface area contributed by atoms with Crippen molar-refractivity contribution in [2.75, 3.05) is 28.7 Å². The second-order valence-corrected chi connectivity index (χ2v) is 10.1. The number of carbonyl (C=O) groups excluding carboxylic acids is 3. The molecule has 1 saturated carbocycles. The number of hydrogen-bond donors (Lipinski definition) is 2. The van der Waals surface area contributed by atoms with Crippen molar-refractivity contribution in [2.24, 2.45) is 11.8 Å². The van der Waals surface area contributed by atoms with Crippen LogP contribution in [0.25, 0.3) is 0 Å². The number of benzene rings is 1. The summed E-state index contributed by atoms with van der Waals surface area (Å²) in [5, 5.41) is 5.64. The van der Waals surface area contributed by atoms with E-state index in [0.29, 0.717) is 17.8 Å². The molecule has 0 bridgehead atoms. The van der Waals surface area contributed by atoms with Crippen molar-refractivity contribution in [1.29, 1.82) is 0 Å². The minimum Gasteiger partial charge on any atom is -0.338 e. The van der Waals surface area contributed by atoms with Gasteiger partial charge in [0.25, 0.3) is 0 Å². The molecule has 2 N–H and O–H groups in total. The summed E-state index contributed by atoms with van der Waals surface area (Å²) in [6.07, 6.45) is 2.40. The fourth-order valence-electron chi connectivity index (χ4n) is 3.75. The van der Waals surface area contributed by atoms with Crippen molar-refractivity contribution in [1.82, 2.24) is 4.90 Å². The zero-order valence-corrected chi connectivity index (χ0v) is 16.2. The highest BCUT2D eigenvalue weighted by Gasteiger charge is 2.41. The predicted molar refractivity (Wildman–Crippen MR) is 103 cm³/mol. The Morgan fingerprint density at radius 1 is 0.929 bits per heavy atom. The van der Waals surface area contributed by atoms with Crippen LogP contribution in [0, 0.1) is 11.8 Å². The first kappa shape index (κ1) is 18.9. The van der Waals surface area contributed by atoms with E-state index >= 15 is 0 Å². The highest BCUT2D eigenvalue weighted by molar-refractivity contribution is 7.91. The number of carbonyl (C=O) groups is 3. The van der Waals surface area contributed by atoms with Gasteiger partial charge in [-0.25, -0.2) is 8.42 Å². The Kier molecular flexibility index (Phi) is 4.86. The van der Waals surface area contributed by atoms with Gasteiger partial charge in [-0.1, -0.05) is 0 Å². The van der Waals surface area contributed by atoms with E-state index in [1.165, 1.54) is 0 Å². The fraction of sp³-hybridized carbons (Fsp3) is 0.526. The van der Waals surface area contributed by atoms with Crippen LogP contribution in [0.3, 0.4) is 0 Å². The van der Waals surface area contributed by atoms with Crippen LogP contribution in [-0.4, -0.2) is 55.1 Å². The van der Waals surface area contributed by atoms with E-state index in [-0.39, 0.29) is 54.2 Å². The molecule has 0 radical (unpaired) electrons. The first-order chi connectivity index (χ1) is 13.3. The van der Waals surface area contributed by atoms with Gasteiger partial charge in [0, 0.05) is 36.3 Å². The lowest BCUT2D eigenvalue weighted by Gasteiger charge is -2.22. The minimum atomic E-state index is -3.08. The second-order valence-electron chi connectivity index (χ2n) is 7.83. The molecule has 28 heavy (non-hydrogen) atoms. The van der Waals surface area contributed by atoms with Crippen LogP contribution in [0.2, 0.25) is 0 Å². The smallest absolute Gasteiger partial charge is 0.229 e. The monoisotopic (exact) mass is 405 g/mol. The average molecular weight is 405 g/mol. The summed E-state index contributed by atoms with van der Waals surface area (Å²) in [7, 11) is -3.08. The molecule has 9 heteroatoms. The van der Waals surface area contributed by atoms with Gasteiger partial charge in [-0.05, 0) is 43.5 Å². The van der Waals surface area contributed by atoms with Crippen molar-refractivity contribution >= 4 is 38.9 Å². The molecule has 2 saturated heterocycles. The third kappa shape index (κ3) is 4.19. The van der Waals surface area contributed by atoms with Crippen LogP contribution in [0.15, 0.2) is 24.3 Å². The number of nitrogens with zero attached hydrogens (tertiary/aromatic N) is 1. The number of anilines is 2. The maximum Gasteiger partial charge on any atom is 0.229 e. The molecule has 2 aliphatic heterocycles. The summed E-state index contributed by atoms with van der Waals surface area (Å²) in [6, 6.07) is 6.55. The maximum absolute atomic E-state index is 12.5. The summed E-state index contributed by atoms with van der Waals surface area (Å²) in [5.41, 5.74) is 1.27. The molecule has 1 aliphatic carbocycles. The molecule has 150 valence electrons. The fourth-order valence-corrected chi connectivity index (χ4v) is 5.48. The van der Waals surface area contributed by atoms with E-state index in [2.05, 4.69) is 10.6 Å². The third-order valence-corrected chi connectivity index (χ3v) is 7.30. The van der Waals surface area contributed by atoms with Crippen molar-refractivity contribution in [3.05, 3.63) is 24.3 Å². The Balaban J connectivity index is 1.32. The van der Waals surface area contributed by atoms with E-state index < -0.39 is 15.8 Å². The maximum atomic E-state index is 12.5. The van der Waals surface area contributed by atoms with Crippen LogP contribution in [0.1, 0.15) is 25.7 Å². The van der Waals surface area contributed by atoms with Gasteiger partial charge in [0.2, 0.25) is 17.7 Å². The summed E-state index contributed by atoms with van der Waals surface area (Å²) >= 11 is 0. The van der Waals surface area contributed by atoms with Crippen molar-refractivity contribution in [3.63, 3.8) is 0 Å². The first-order valence-corrected chi connectivity index (χ1v) is 11.3. The molecular weight excluding hydrogens is 382 g/mol. The van der Waals surface area contributed by atoms with Crippen molar-refractivity contribution < 1.29 is 22.8 Å². The molecule has 3 fully saturated rings. The number of hydrogen-bond acceptors (Lipinski definition) is 5. The highest BCUT2D eigenvalue weighted by Crippen LogP contribution is 2.30. The van der Waals surface area contributed by atoms with E-state index in [9.17, 15) is 22.8 Å². The van der Waals surface area contributed by atoms with Crippen molar-refractivity contribution in [3.8, 4) is 0 Å². The van der Waals surface area contributed by atoms with Gasteiger partial charge in [0.05, 0.1) is 17.4 Å². The molecule has 3 aliphatic rings. The SMILES string of the molecule is O=C(Nc1ccc(NC(=O)[C@H]2CC(=O)N([C@H]3CCS(=O)(=O)C3)C2)cc1)C1CC1. The van der Waals surface area contributed by atoms with E-state index in [0.717, 1.165) is 12.8 Å². The topological polar surface area (TPSA) is 113 Å².